The van der Waals surface area contributed by atoms with Crippen LogP contribution in [0.5, 0.6) is 0 Å². The lowest BCUT2D eigenvalue weighted by molar-refractivity contribution is -0.119. The van der Waals surface area contributed by atoms with Crippen molar-refractivity contribution in [1.29, 1.82) is 0 Å². The molecule has 0 saturated carbocycles. The van der Waals surface area contributed by atoms with Crippen molar-refractivity contribution in [2.45, 2.75) is 25.3 Å². The van der Waals surface area contributed by atoms with Crippen LogP contribution in [0.4, 0.5) is 20.9 Å². The van der Waals surface area contributed by atoms with Crippen molar-refractivity contribution < 1.29 is 14.0 Å². The molecule has 1 saturated heterocycles. The SMILES string of the molecule is NC(=O)[C@H]1CC(C(=O)Nc2ccc3nc(N4CCCC4)sc3c2)=NN1c1ccc(F)cc1. The number of aromatic nitrogens is 1. The second-order valence-electron chi connectivity index (χ2n) is 7.82. The summed E-state index contributed by atoms with van der Waals surface area (Å²) in [6.45, 7) is 2.05. The Morgan fingerprint density at radius 2 is 1.88 bits per heavy atom. The summed E-state index contributed by atoms with van der Waals surface area (Å²) < 4.78 is 14.2. The smallest absolute Gasteiger partial charge is 0.271 e. The van der Waals surface area contributed by atoms with Crippen molar-refractivity contribution in [3.05, 3.63) is 48.3 Å². The number of benzene rings is 2. The molecule has 2 amide bonds. The van der Waals surface area contributed by atoms with Crippen LogP contribution in [0.15, 0.2) is 47.6 Å². The molecule has 1 atom stereocenters. The molecule has 2 aromatic carbocycles. The first-order chi connectivity index (χ1) is 15.5. The number of rotatable bonds is 5. The van der Waals surface area contributed by atoms with Gasteiger partial charge in [-0.2, -0.15) is 5.10 Å². The van der Waals surface area contributed by atoms with Crippen molar-refractivity contribution in [2.24, 2.45) is 10.8 Å². The zero-order valence-electron chi connectivity index (χ0n) is 17.1. The summed E-state index contributed by atoms with van der Waals surface area (Å²) in [4.78, 5) is 31.8. The van der Waals surface area contributed by atoms with E-state index in [2.05, 4.69) is 15.3 Å². The predicted octanol–water partition coefficient (Wildman–Crippen LogP) is 3.09. The molecule has 0 bridgehead atoms. The molecule has 2 aliphatic rings. The number of anilines is 3. The number of nitrogens with zero attached hydrogens (tertiary/aromatic N) is 4. The number of halogens is 1. The third kappa shape index (κ3) is 3.89. The van der Waals surface area contributed by atoms with Crippen molar-refractivity contribution in [1.82, 2.24) is 4.98 Å². The van der Waals surface area contributed by atoms with E-state index in [4.69, 9.17) is 10.7 Å². The zero-order valence-corrected chi connectivity index (χ0v) is 17.9. The second-order valence-corrected chi connectivity index (χ2v) is 8.83. The molecule has 3 aromatic rings. The summed E-state index contributed by atoms with van der Waals surface area (Å²) in [6.07, 6.45) is 2.43. The molecule has 164 valence electrons. The Morgan fingerprint density at radius 3 is 2.59 bits per heavy atom. The van der Waals surface area contributed by atoms with E-state index >= 15 is 0 Å². The number of nitrogens with one attached hydrogen (secondary N) is 1. The topological polar surface area (TPSA) is 104 Å². The fraction of sp³-hybridized carbons (Fsp3) is 0.273. The second kappa shape index (κ2) is 8.19. The van der Waals surface area contributed by atoms with Crippen LogP contribution in [0.25, 0.3) is 10.2 Å². The van der Waals surface area contributed by atoms with Crippen LogP contribution in [-0.4, -0.2) is 41.6 Å². The molecular formula is C22H21FN6O2S. The maximum absolute atomic E-state index is 13.3. The van der Waals surface area contributed by atoms with Crippen LogP contribution in [-0.2, 0) is 9.59 Å². The molecule has 0 radical (unpaired) electrons. The minimum Gasteiger partial charge on any atom is -0.368 e. The number of fused-ring (bicyclic) bond motifs is 1. The van der Waals surface area contributed by atoms with E-state index in [-0.39, 0.29) is 12.1 Å². The fourth-order valence-corrected chi connectivity index (χ4v) is 4.99. The number of amides is 2. The molecule has 5 rings (SSSR count). The van der Waals surface area contributed by atoms with Gasteiger partial charge in [-0.15, -0.1) is 0 Å². The predicted molar refractivity (Wildman–Crippen MR) is 124 cm³/mol. The Hall–Kier alpha value is -3.53. The molecular weight excluding hydrogens is 431 g/mol. The molecule has 1 aromatic heterocycles. The van der Waals surface area contributed by atoms with Gasteiger partial charge in [-0.1, -0.05) is 11.3 Å². The van der Waals surface area contributed by atoms with E-state index in [9.17, 15) is 14.0 Å². The van der Waals surface area contributed by atoms with Crippen LogP contribution in [0.2, 0.25) is 0 Å². The summed E-state index contributed by atoms with van der Waals surface area (Å²) in [7, 11) is 0. The number of hydrogen-bond acceptors (Lipinski definition) is 7. The highest BCUT2D eigenvalue weighted by molar-refractivity contribution is 7.22. The van der Waals surface area contributed by atoms with Crippen LogP contribution in [0.3, 0.4) is 0 Å². The molecule has 8 nitrogen and oxygen atoms in total. The van der Waals surface area contributed by atoms with E-state index in [0.29, 0.717) is 11.4 Å². The lowest BCUT2D eigenvalue weighted by Crippen LogP contribution is -2.39. The van der Waals surface area contributed by atoms with Gasteiger partial charge in [-0.05, 0) is 55.3 Å². The van der Waals surface area contributed by atoms with E-state index in [1.165, 1.54) is 42.1 Å². The van der Waals surface area contributed by atoms with Gasteiger partial charge in [0.1, 0.15) is 17.6 Å². The minimum absolute atomic E-state index is 0.0699. The van der Waals surface area contributed by atoms with Gasteiger partial charge >= 0.3 is 0 Å². The number of nitrogens with two attached hydrogens (primary N) is 1. The standard InChI is InChI=1S/C22H21FN6O2S/c23-13-3-6-15(7-4-13)29-18(20(24)30)12-17(27-29)21(31)25-14-5-8-16-19(11-14)32-22(26-16)28-9-1-2-10-28/h3-8,11,18H,1-2,9-10,12H2,(H2,24,30)(H,25,31)/t18-/m1/s1. The Balaban J connectivity index is 1.35. The van der Waals surface area contributed by atoms with Gasteiger partial charge in [0.25, 0.3) is 5.91 Å². The van der Waals surface area contributed by atoms with Crippen LogP contribution >= 0.6 is 11.3 Å². The summed E-state index contributed by atoms with van der Waals surface area (Å²) in [6, 6.07) is 10.3. The van der Waals surface area contributed by atoms with Crippen LogP contribution in [0, 0.1) is 5.82 Å². The number of carbonyl (C=O) groups excluding carboxylic acids is 2. The molecule has 32 heavy (non-hydrogen) atoms. The molecule has 2 aliphatic heterocycles. The first kappa shape index (κ1) is 20.4. The Kier molecular flexibility index (Phi) is 5.22. The zero-order chi connectivity index (χ0) is 22.2. The van der Waals surface area contributed by atoms with Gasteiger partial charge in [0, 0.05) is 25.2 Å². The van der Waals surface area contributed by atoms with Crippen molar-refractivity contribution in [3.63, 3.8) is 0 Å². The van der Waals surface area contributed by atoms with Gasteiger partial charge in [0.15, 0.2) is 5.13 Å². The van der Waals surface area contributed by atoms with Gasteiger partial charge < -0.3 is 16.0 Å². The van der Waals surface area contributed by atoms with Gasteiger partial charge in [0.2, 0.25) is 5.91 Å². The van der Waals surface area contributed by atoms with Crippen LogP contribution < -0.4 is 21.0 Å². The Bertz CT molecular complexity index is 1220. The average molecular weight is 453 g/mol. The van der Waals surface area contributed by atoms with Gasteiger partial charge in [0.05, 0.1) is 15.9 Å². The lowest BCUT2D eigenvalue weighted by atomic mass is 10.1. The molecule has 0 unspecified atom stereocenters. The first-order valence-corrected chi connectivity index (χ1v) is 11.2. The molecule has 3 heterocycles. The van der Waals surface area contributed by atoms with E-state index in [1.807, 2.05) is 12.1 Å². The summed E-state index contributed by atoms with van der Waals surface area (Å²) in [5.74, 6) is -1.43. The average Bonchev–Trinajstić information content (AvgIpc) is 3.52. The van der Waals surface area contributed by atoms with Crippen molar-refractivity contribution >= 4 is 55.6 Å². The third-order valence-electron chi connectivity index (χ3n) is 5.60. The largest absolute Gasteiger partial charge is 0.368 e. The Labute approximate surface area is 187 Å². The Morgan fingerprint density at radius 1 is 1.12 bits per heavy atom. The highest BCUT2D eigenvalue weighted by Gasteiger charge is 2.35. The van der Waals surface area contributed by atoms with Crippen molar-refractivity contribution in [2.75, 3.05) is 28.3 Å². The number of hydrazone groups is 1. The summed E-state index contributed by atoms with van der Waals surface area (Å²) in [5, 5.41) is 9.52. The maximum Gasteiger partial charge on any atom is 0.271 e. The summed E-state index contributed by atoms with van der Waals surface area (Å²) >= 11 is 1.60. The van der Waals surface area contributed by atoms with E-state index in [1.54, 1.807) is 17.4 Å². The monoisotopic (exact) mass is 452 g/mol. The molecule has 10 heteroatoms. The molecule has 0 spiro atoms. The van der Waals surface area contributed by atoms with E-state index < -0.39 is 23.7 Å². The number of thiazole rings is 1. The number of carbonyl (C=O) groups is 2. The quantitative estimate of drug-likeness (QED) is 0.619. The van der Waals surface area contributed by atoms with E-state index in [0.717, 1.165) is 28.4 Å². The number of hydrogen-bond donors (Lipinski definition) is 2. The molecule has 0 aliphatic carbocycles. The minimum atomic E-state index is -0.812. The molecule has 1 fully saturated rings. The summed E-state index contributed by atoms with van der Waals surface area (Å²) in [5.41, 5.74) is 7.70. The highest BCUT2D eigenvalue weighted by atomic mass is 32.1. The maximum atomic E-state index is 13.3. The van der Waals surface area contributed by atoms with Gasteiger partial charge in [-0.25, -0.2) is 9.37 Å². The first-order valence-electron chi connectivity index (χ1n) is 10.4. The molecule has 3 N–H and O–H groups in total. The highest BCUT2D eigenvalue weighted by Crippen LogP contribution is 2.32. The van der Waals surface area contributed by atoms with Crippen molar-refractivity contribution in [3.8, 4) is 0 Å². The third-order valence-corrected chi connectivity index (χ3v) is 6.68. The van der Waals surface area contributed by atoms with Gasteiger partial charge in [-0.3, -0.25) is 14.6 Å². The lowest BCUT2D eigenvalue weighted by Gasteiger charge is -2.20. The fourth-order valence-electron chi connectivity index (χ4n) is 3.94. The number of primary amides is 1. The van der Waals surface area contributed by atoms with Crippen LogP contribution in [0.1, 0.15) is 19.3 Å². The normalized spacial score (nSPS) is 18.3.